The molecule has 0 aromatic rings. The van der Waals surface area contributed by atoms with Crippen LogP contribution >= 0.6 is 0 Å². The van der Waals surface area contributed by atoms with Crippen molar-refractivity contribution in [2.24, 2.45) is 56.7 Å². The quantitative estimate of drug-likeness (QED) is 0.345. The molecule has 12 atom stereocenters. The molecule has 0 aromatic heterocycles. The van der Waals surface area contributed by atoms with E-state index in [1.54, 1.807) is 0 Å². The number of carbonyl (C=O) groups is 1. The van der Waals surface area contributed by atoms with Gasteiger partial charge in [-0.2, -0.15) is 0 Å². The van der Waals surface area contributed by atoms with Crippen molar-refractivity contribution < 1.29 is 76.6 Å². The van der Waals surface area contributed by atoms with E-state index in [9.17, 15) is 25.2 Å². The van der Waals surface area contributed by atoms with E-state index < -0.39 is 40.5 Å². The summed E-state index contributed by atoms with van der Waals surface area (Å²) in [5, 5.41) is 46.1. The number of aliphatic hydroxyl groups excluding tert-OH is 3. The molecule has 0 aromatic carbocycles. The summed E-state index contributed by atoms with van der Waals surface area (Å²) in [4.78, 5) is 12.7. The van der Waals surface area contributed by atoms with Crippen LogP contribution in [0.25, 0.3) is 0 Å². The molecule has 0 spiro atoms. The molecule has 5 aliphatic carbocycles. The first-order chi connectivity index (χ1) is 16.1. The monoisotopic (exact) mass is 526 g/mol. The zero-order chi connectivity index (χ0) is 25.9. The zero-order valence-electron chi connectivity index (χ0n) is 23.8. The zero-order valence-corrected chi connectivity index (χ0v) is 26.9. The van der Waals surface area contributed by atoms with Crippen molar-refractivity contribution in [2.45, 2.75) is 112 Å². The summed E-state index contributed by atoms with van der Waals surface area (Å²) in [6, 6.07) is 0. The average molecular weight is 527 g/mol. The number of carbonyl (C=O) groups excluding carboxylic acids is 1. The number of hydrogen-bond donors (Lipinski definition) is 3. The number of aliphatic hydroxyl groups is 3. The fraction of sp³-hybridized carbons (Fsp3) is 0.900. The topological polar surface area (TPSA) is 101 Å². The van der Waals surface area contributed by atoms with Gasteiger partial charge in [0.25, 0.3) is 0 Å². The van der Waals surface area contributed by atoms with Gasteiger partial charge in [0.15, 0.2) is 0 Å². The summed E-state index contributed by atoms with van der Waals surface area (Å²) in [5.41, 5.74) is -0.756. The molecule has 3 N–H and O–H groups in total. The molecular formula is C30H47KO5. The second-order valence-corrected chi connectivity index (χ2v) is 14.7. The van der Waals surface area contributed by atoms with Gasteiger partial charge in [0, 0.05) is 16.8 Å². The van der Waals surface area contributed by atoms with Gasteiger partial charge in [0.05, 0.1) is 12.2 Å². The van der Waals surface area contributed by atoms with Gasteiger partial charge in [-0.3, -0.25) is 0 Å². The van der Waals surface area contributed by atoms with Crippen LogP contribution in [0.1, 0.15) is 93.4 Å². The van der Waals surface area contributed by atoms with Crippen molar-refractivity contribution >= 4 is 5.97 Å². The van der Waals surface area contributed by atoms with Crippen LogP contribution in [0.2, 0.25) is 0 Å². The molecule has 0 radical (unpaired) electrons. The second-order valence-electron chi connectivity index (χ2n) is 14.7. The number of hydrogen-bond acceptors (Lipinski definition) is 5. The van der Waals surface area contributed by atoms with Crippen LogP contribution in [-0.2, 0) is 4.79 Å². The number of carboxylic acids is 1. The first-order valence-corrected chi connectivity index (χ1v) is 14.1. The summed E-state index contributed by atoms with van der Waals surface area (Å²) < 4.78 is 0. The molecule has 36 heavy (non-hydrogen) atoms. The third-order valence-electron chi connectivity index (χ3n) is 13.5. The largest absolute Gasteiger partial charge is 1.00 e. The number of rotatable bonds is 1. The molecule has 0 aliphatic heterocycles. The summed E-state index contributed by atoms with van der Waals surface area (Å²) in [7, 11) is 0. The Kier molecular flexibility index (Phi) is 7.53. The van der Waals surface area contributed by atoms with Gasteiger partial charge in [0.2, 0.25) is 0 Å². The Balaban J connectivity index is 0.00000304. The van der Waals surface area contributed by atoms with Crippen LogP contribution < -0.4 is 56.5 Å². The Bertz CT molecular complexity index is 948. The van der Waals surface area contributed by atoms with Gasteiger partial charge in [-0.25, -0.2) is 0 Å². The Hall–Kier alpha value is 0.726. The third-order valence-corrected chi connectivity index (χ3v) is 13.5. The summed E-state index contributed by atoms with van der Waals surface area (Å²) in [6.45, 7) is 15.5. The average Bonchev–Trinajstić information content (AvgIpc) is 2.79. The Morgan fingerprint density at radius 2 is 1.56 bits per heavy atom. The predicted molar refractivity (Wildman–Crippen MR) is 133 cm³/mol. The van der Waals surface area contributed by atoms with Crippen molar-refractivity contribution in [3.8, 4) is 0 Å². The number of fused-ring (bicyclic) bond motifs is 7. The van der Waals surface area contributed by atoms with Crippen molar-refractivity contribution in [1.29, 1.82) is 0 Å². The summed E-state index contributed by atoms with van der Waals surface area (Å²) in [5.74, 6) is 0.139. The predicted octanol–water partition coefficient (Wildman–Crippen LogP) is 0.700. The maximum atomic E-state index is 12.7. The number of aliphatic carboxylic acids is 1. The Morgan fingerprint density at radius 3 is 2.17 bits per heavy atom. The molecule has 5 rings (SSSR count). The molecule has 6 heteroatoms. The van der Waals surface area contributed by atoms with E-state index in [0.29, 0.717) is 18.8 Å². The smallest absolute Gasteiger partial charge is 0.550 e. The molecule has 4 fully saturated rings. The first kappa shape index (κ1) is 29.7. The molecule has 2 unspecified atom stereocenters. The Labute approximate surface area is 260 Å². The molecule has 198 valence electrons. The maximum absolute atomic E-state index is 12.7. The van der Waals surface area contributed by atoms with Crippen molar-refractivity contribution in [3.05, 3.63) is 11.6 Å². The molecule has 4 saturated carbocycles. The van der Waals surface area contributed by atoms with Crippen LogP contribution in [0.5, 0.6) is 0 Å². The van der Waals surface area contributed by atoms with E-state index in [0.717, 1.165) is 32.1 Å². The fourth-order valence-corrected chi connectivity index (χ4v) is 10.9. The van der Waals surface area contributed by atoms with Crippen LogP contribution in [0, 0.1) is 56.7 Å². The van der Waals surface area contributed by atoms with Crippen molar-refractivity contribution in [3.63, 3.8) is 0 Å². The van der Waals surface area contributed by atoms with Crippen LogP contribution in [0.15, 0.2) is 11.6 Å². The minimum atomic E-state index is -1.16. The van der Waals surface area contributed by atoms with Crippen LogP contribution in [-0.4, -0.2) is 39.6 Å². The molecule has 0 heterocycles. The summed E-state index contributed by atoms with van der Waals surface area (Å²) in [6.07, 6.45) is 5.04. The van der Waals surface area contributed by atoms with Gasteiger partial charge in [-0.05, 0) is 90.8 Å². The number of carboxylic acid groups (broad SMARTS) is 1. The minimum Gasteiger partial charge on any atom is -0.550 e. The fourth-order valence-electron chi connectivity index (χ4n) is 10.9. The van der Waals surface area contributed by atoms with Gasteiger partial charge in [-0.1, -0.05) is 60.1 Å². The van der Waals surface area contributed by atoms with E-state index in [-0.39, 0.29) is 85.9 Å². The van der Waals surface area contributed by atoms with E-state index in [4.69, 9.17) is 0 Å². The third kappa shape index (κ3) is 3.40. The van der Waals surface area contributed by atoms with E-state index in [1.165, 1.54) is 5.57 Å². The van der Waals surface area contributed by atoms with Crippen molar-refractivity contribution in [2.75, 3.05) is 0 Å². The molecule has 5 nitrogen and oxygen atoms in total. The van der Waals surface area contributed by atoms with Gasteiger partial charge < -0.3 is 25.2 Å². The SMILES string of the molecule is C[C@H]1[C@H](C)CC[C@]2(C(=O)[O-])CC[C@]3(C)C(=CC[C@@H]4[C@@]5(C)C(O)C(O)[C@H](O)C(C)(C)[C@@H]5CC[C@]43C)[C@H]12.[K+]. The van der Waals surface area contributed by atoms with E-state index in [2.05, 4.69) is 40.7 Å². The van der Waals surface area contributed by atoms with Gasteiger partial charge in [-0.15, -0.1) is 0 Å². The molecule has 0 bridgehead atoms. The summed E-state index contributed by atoms with van der Waals surface area (Å²) >= 11 is 0. The van der Waals surface area contributed by atoms with Gasteiger partial charge in [0.1, 0.15) is 6.10 Å². The molecular weight excluding hydrogens is 479 g/mol. The molecule has 5 aliphatic rings. The number of allylic oxidation sites excluding steroid dienone is 2. The van der Waals surface area contributed by atoms with Gasteiger partial charge >= 0.3 is 51.4 Å². The minimum absolute atomic E-state index is 0. The van der Waals surface area contributed by atoms with E-state index >= 15 is 0 Å². The standard InChI is InChI=1S/C30H48O5.K/c1-16-10-13-30(25(34)35)15-14-27(5)18(21(30)17(16)2)8-9-20-28(27,6)12-11-19-26(3,4)23(32)22(31)24(33)29(19,20)7;/h8,16-17,19-24,31-33H,9-15H2,1-7H3,(H,34,35);/q;+1/p-1/t16-,17+,19+,20+,21+,22?,23+,24?,27-,28-,29+,30+;/m1./s1. The molecule has 0 amide bonds. The second kappa shape index (κ2) is 9.12. The normalized spacial score (nSPS) is 55.6. The van der Waals surface area contributed by atoms with Crippen LogP contribution in [0.3, 0.4) is 0 Å². The molecule has 0 saturated heterocycles. The first-order valence-electron chi connectivity index (χ1n) is 14.1. The Morgan fingerprint density at radius 1 is 0.917 bits per heavy atom. The van der Waals surface area contributed by atoms with Crippen molar-refractivity contribution in [1.82, 2.24) is 0 Å². The maximum Gasteiger partial charge on any atom is 1.00 e. The van der Waals surface area contributed by atoms with E-state index in [1.807, 2.05) is 13.8 Å². The van der Waals surface area contributed by atoms with Crippen LogP contribution in [0.4, 0.5) is 0 Å².